The molecule has 0 aromatic carbocycles. The van der Waals surface area contributed by atoms with Gasteiger partial charge in [-0.2, -0.15) is 0 Å². The second-order valence-electron chi connectivity index (χ2n) is 1.62. The molecule has 2 nitrogen and oxygen atoms in total. The van der Waals surface area contributed by atoms with Crippen molar-refractivity contribution in [1.82, 2.24) is 0 Å². The van der Waals surface area contributed by atoms with Crippen molar-refractivity contribution in [2.75, 3.05) is 6.54 Å². The standard InChI is InChI=1S/C4H10F2N2/c5-4(6)1-3(8)2-7/h3-4H,1-2,7-8H2. The molecule has 0 rings (SSSR count). The molecule has 0 heterocycles. The summed E-state index contributed by atoms with van der Waals surface area (Å²) in [5.41, 5.74) is 10.0. The number of halogens is 2. The zero-order valence-corrected chi connectivity index (χ0v) is 4.48. The molecule has 0 saturated carbocycles. The van der Waals surface area contributed by atoms with Crippen LogP contribution in [0.1, 0.15) is 6.42 Å². The Bertz CT molecular complexity index is 58.0. The molecule has 0 amide bonds. The summed E-state index contributed by atoms with van der Waals surface area (Å²) in [5.74, 6) is 0. The molecule has 8 heavy (non-hydrogen) atoms. The average Bonchev–Trinajstić information content (AvgIpc) is 1.65. The highest BCUT2D eigenvalue weighted by molar-refractivity contribution is 4.61. The first kappa shape index (κ1) is 7.78. The fraction of sp³-hybridized carbons (Fsp3) is 1.00. The van der Waals surface area contributed by atoms with Gasteiger partial charge >= 0.3 is 0 Å². The predicted octanol–water partition coefficient (Wildman–Crippen LogP) is -0.0724. The third-order valence-electron chi connectivity index (χ3n) is 0.784. The second kappa shape index (κ2) is 3.74. The van der Waals surface area contributed by atoms with Gasteiger partial charge in [0.1, 0.15) is 0 Å². The quantitative estimate of drug-likeness (QED) is 0.553. The molecule has 0 fully saturated rings. The molecule has 4 N–H and O–H groups in total. The van der Waals surface area contributed by atoms with Crippen molar-refractivity contribution in [3.63, 3.8) is 0 Å². The Morgan fingerprint density at radius 3 is 2.00 bits per heavy atom. The molecule has 4 heteroatoms. The van der Waals surface area contributed by atoms with Gasteiger partial charge in [0.2, 0.25) is 6.43 Å². The monoisotopic (exact) mass is 124 g/mol. The van der Waals surface area contributed by atoms with E-state index in [1.807, 2.05) is 0 Å². The molecular formula is C4H10F2N2. The summed E-state index contributed by atoms with van der Waals surface area (Å²) < 4.78 is 22.7. The van der Waals surface area contributed by atoms with Crippen LogP contribution in [0.5, 0.6) is 0 Å². The van der Waals surface area contributed by atoms with Crippen LogP contribution in [0.2, 0.25) is 0 Å². The molecule has 0 aliphatic heterocycles. The Kier molecular flexibility index (Phi) is 3.64. The molecule has 50 valence electrons. The summed E-state index contributed by atoms with van der Waals surface area (Å²) >= 11 is 0. The summed E-state index contributed by atoms with van der Waals surface area (Å²) in [5, 5.41) is 0. The van der Waals surface area contributed by atoms with Crippen LogP contribution in [0.3, 0.4) is 0 Å². The highest BCUT2D eigenvalue weighted by Crippen LogP contribution is 1.99. The molecule has 1 unspecified atom stereocenters. The minimum atomic E-state index is -2.33. The van der Waals surface area contributed by atoms with Crippen LogP contribution in [-0.4, -0.2) is 19.0 Å². The van der Waals surface area contributed by atoms with E-state index in [4.69, 9.17) is 11.5 Å². The summed E-state index contributed by atoms with van der Waals surface area (Å²) in [4.78, 5) is 0. The van der Waals surface area contributed by atoms with Gasteiger partial charge in [0, 0.05) is 19.0 Å². The van der Waals surface area contributed by atoms with E-state index in [1.54, 1.807) is 0 Å². The Morgan fingerprint density at radius 2 is 1.88 bits per heavy atom. The maximum absolute atomic E-state index is 11.3. The highest BCUT2D eigenvalue weighted by atomic mass is 19.3. The van der Waals surface area contributed by atoms with Crippen LogP contribution in [0.4, 0.5) is 8.78 Å². The zero-order chi connectivity index (χ0) is 6.57. The van der Waals surface area contributed by atoms with E-state index in [0.29, 0.717) is 0 Å². The Hall–Kier alpha value is -0.220. The fourth-order valence-corrected chi connectivity index (χ4v) is 0.325. The van der Waals surface area contributed by atoms with E-state index in [9.17, 15) is 8.78 Å². The Morgan fingerprint density at radius 1 is 1.38 bits per heavy atom. The summed E-state index contributed by atoms with van der Waals surface area (Å²) in [6.45, 7) is 0.129. The first-order valence-electron chi connectivity index (χ1n) is 2.40. The average molecular weight is 124 g/mol. The largest absolute Gasteiger partial charge is 0.329 e. The van der Waals surface area contributed by atoms with E-state index in [0.717, 1.165) is 0 Å². The van der Waals surface area contributed by atoms with Crippen molar-refractivity contribution in [2.24, 2.45) is 11.5 Å². The van der Waals surface area contributed by atoms with Gasteiger partial charge in [0.15, 0.2) is 0 Å². The molecule has 0 bridgehead atoms. The lowest BCUT2D eigenvalue weighted by molar-refractivity contribution is 0.129. The van der Waals surface area contributed by atoms with Crippen molar-refractivity contribution in [3.05, 3.63) is 0 Å². The SMILES string of the molecule is NCC(N)CC(F)F. The van der Waals surface area contributed by atoms with Gasteiger partial charge in [0.25, 0.3) is 0 Å². The van der Waals surface area contributed by atoms with Crippen molar-refractivity contribution < 1.29 is 8.78 Å². The minimum absolute atomic E-state index is 0.129. The number of hydrogen-bond donors (Lipinski definition) is 2. The lowest BCUT2D eigenvalue weighted by atomic mass is 10.2. The zero-order valence-electron chi connectivity index (χ0n) is 4.48. The van der Waals surface area contributed by atoms with E-state index in [2.05, 4.69) is 0 Å². The van der Waals surface area contributed by atoms with E-state index in [-0.39, 0.29) is 13.0 Å². The van der Waals surface area contributed by atoms with Crippen molar-refractivity contribution >= 4 is 0 Å². The van der Waals surface area contributed by atoms with Gasteiger partial charge in [-0.3, -0.25) is 0 Å². The normalized spacial score (nSPS) is 14.6. The first-order chi connectivity index (χ1) is 3.66. The molecule has 0 spiro atoms. The third-order valence-corrected chi connectivity index (χ3v) is 0.784. The lowest BCUT2D eigenvalue weighted by Gasteiger charge is -2.05. The Labute approximate surface area is 46.8 Å². The molecule has 0 aromatic heterocycles. The van der Waals surface area contributed by atoms with Crippen LogP contribution in [0, 0.1) is 0 Å². The van der Waals surface area contributed by atoms with Crippen LogP contribution >= 0.6 is 0 Å². The molecule has 0 aliphatic rings. The summed E-state index contributed by atoms with van der Waals surface area (Å²) in [7, 11) is 0. The van der Waals surface area contributed by atoms with Gasteiger partial charge in [-0.15, -0.1) is 0 Å². The van der Waals surface area contributed by atoms with Crippen molar-refractivity contribution in [3.8, 4) is 0 Å². The van der Waals surface area contributed by atoms with Gasteiger partial charge < -0.3 is 11.5 Å². The van der Waals surface area contributed by atoms with Crippen LogP contribution in [-0.2, 0) is 0 Å². The van der Waals surface area contributed by atoms with Crippen LogP contribution < -0.4 is 11.5 Å². The molecule has 0 saturated heterocycles. The predicted molar refractivity (Wildman–Crippen MR) is 27.7 cm³/mol. The molecule has 0 radical (unpaired) electrons. The number of alkyl halides is 2. The van der Waals surface area contributed by atoms with Gasteiger partial charge in [-0.1, -0.05) is 0 Å². The van der Waals surface area contributed by atoms with Crippen LogP contribution in [0.25, 0.3) is 0 Å². The smallest absolute Gasteiger partial charge is 0.240 e. The maximum atomic E-state index is 11.3. The van der Waals surface area contributed by atoms with E-state index in [1.165, 1.54) is 0 Å². The Balaban J connectivity index is 3.10. The van der Waals surface area contributed by atoms with Gasteiger partial charge in [-0.25, -0.2) is 8.78 Å². The topological polar surface area (TPSA) is 52.0 Å². The number of nitrogens with two attached hydrogens (primary N) is 2. The summed E-state index contributed by atoms with van der Waals surface area (Å²) in [6.07, 6.45) is -2.62. The number of hydrogen-bond acceptors (Lipinski definition) is 2. The van der Waals surface area contributed by atoms with Crippen LogP contribution in [0.15, 0.2) is 0 Å². The summed E-state index contributed by atoms with van der Waals surface area (Å²) in [6, 6.07) is -0.546. The fourth-order valence-electron chi connectivity index (χ4n) is 0.325. The maximum Gasteiger partial charge on any atom is 0.240 e. The highest BCUT2D eigenvalue weighted by Gasteiger charge is 2.07. The third kappa shape index (κ3) is 3.95. The molecule has 0 aromatic rings. The molecule has 1 atom stereocenters. The first-order valence-corrected chi connectivity index (χ1v) is 2.40. The molecule has 0 aliphatic carbocycles. The number of rotatable bonds is 3. The molecular weight excluding hydrogens is 114 g/mol. The van der Waals surface area contributed by atoms with Crippen molar-refractivity contribution in [2.45, 2.75) is 18.9 Å². The van der Waals surface area contributed by atoms with Crippen molar-refractivity contribution in [1.29, 1.82) is 0 Å². The van der Waals surface area contributed by atoms with E-state index >= 15 is 0 Å². The van der Waals surface area contributed by atoms with E-state index < -0.39 is 12.5 Å². The van der Waals surface area contributed by atoms with Gasteiger partial charge in [0.05, 0.1) is 0 Å². The second-order valence-corrected chi connectivity index (χ2v) is 1.62. The van der Waals surface area contributed by atoms with Gasteiger partial charge in [-0.05, 0) is 0 Å². The lowest BCUT2D eigenvalue weighted by Crippen LogP contribution is -2.31. The minimum Gasteiger partial charge on any atom is -0.329 e.